The minimum atomic E-state index is -0.207. The number of amides is 1. The topological polar surface area (TPSA) is 83.6 Å². The molecule has 1 aromatic carbocycles. The van der Waals surface area contributed by atoms with E-state index in [9.17, 15) is 10.1 Å². The predicted molar refractivity (Wildman–Crippen MR) is 95.1 cm³/mol. The molecule has 124 valence electrons. The fourth-order valence-corrected chi connectivity index (χ4v) is 4.30. The van der Waals surface area contributed by atoms with Gasteiger partial charge in [0, 0.05) is 10.4 Å². The fraction of sp³-hybridized carbons (Fsp3) is 0.222. The number of anilines is 1. The maximum absolute atomic E-state index is 12.3. The largest absolute Gasteiger partial charge is 0.315 e. The van der Waals surface area contributed by atoms with Gasteiger partial charge in [-0.2, -0.15) is 5.26 Å². The molecule has 0 aliphatic heterocycles. The first-order valence-electron chi connectivity index (χ1n) is 8.04. The van der Waals surface area contributed by atoms with Crippen LogP contribution in [0.25, 0.3) is 11.3 Å². The van der Waals surface area contributed by atoms with E-state index in [2.05, 4.69) is 21.7 Å². The van der Waals surface area contributed by atoms with Gasteiger partial charge in [0.1, 0.15) is 23.3 Å². The third kappa shape index (κ3) is 3.04. The molecule has 2 heterocycles. The van der Waals surface area contributed by atoms with Crippen LogP contribution in [0.1, 0.15) is 22.4 Å². The quantitative estimate of drug-likeness (QED) is 0.785. The molecular weight excluding hydrogens is 334 g/mol. The van der Waals surface area contributed by atoms with Crippen molar-refractivity contribution in [2.24, 2.45) is 0 Å². The molecule has 0 atom stereocenters. The number of rotatable bonds is 4. The van der Waals surface area contributed by atoms with E-state index in [4.69, 9.17) is 0 Å². The van der Waals surface area contributed by atoms with Gasteiger partial charge in [-0.3, -0.25) is 4.79 Å². The molecular formula is C18H15N5OS. The van der Waals surface area contributed by atoms with Gasteiger partial charge in [-0.25, -0.2) is 4.68 Å². The van der Waals surface area contributed by atoms with Crippen LogP contribution < -0.4 is 5.32 Å². The number of nitriles is 1. The van der Waals surface area contributed by atoms with E-state index in [-0.39, 0.29) is 12.5 Å². The predicted octanol–water partition coefficient (Wildman–Crippen LogP) is 3.01. The SMILES string of the molecule is N#Cc1c(NC(=O)Cn2cc(-c3ccccc3)nn2)sc2c1CCC2. The molecule has 3 aromatic rings. The van der Waals surface area contributed by atoms with E-state index in [0.717, 1.165) is 36.1 Å². The molecule has 25 heavy (non-hydrogen) atoms. The van der Waals surface area contributed by atoms with Crippen molar-refractivity contribution >= 4 is 22.2 Å². The number of nitrogens with one attached hydrogen (secondary N) is 1. The Morgan fingerprint density at radius 1 is 1.32 bits per heavy atom. The Bertz CT molecular complexity index is 967. The molecule has 1 amide bonds. The second-order valence-corrected chi connectivity index (χ2v) is 6.99. The zero-order chi connectivity index (χ0) is 17.2. The van der Waals surface area contributed by atoms with Gasteiger partial charge in [-0.05, 0) is 24.8 Å². The summed E-state index contributed by atoms with van der Waals surface area (Å²) in [5.41, 5.74) is 3.40. The summed E-state index contributed by atoms with van der Waals surface area (Å²) in [6, 6.07) is 11.9. The molecule has 1 aliphatic rings. The standard InChI is InChI=1S/C18H15N5OS/c19-9-14-13-7-4-8-16(13)25-18(14)20-17(24)11-23-10-15(21-22-23)12-5-2-1-3-6-12/h1-3,5-6,10H,4,7-8,11H2,(H,20,24). The molecule has 7 heteroatoms. The third-order valence-electron chi connectivity index (χ3n) is 4.20. The van der Waals surface area contributed by atoms with Gasteiger partial charge in [-0.15, -0.1) is 16.4 Å². The van der Waals surface area contributed by atoms with E-state index in [1.54, 1.807) is 6.20 Å². The summed E-state index contributed by atoms with van der Waals surface area (Å²) in [6.07, 6.45) is 4.75. The van der Waals surface area contributed by atoms with E-state index in [1.165, 1.54) is 20.9 Å². The van der Waals surface area contributed by atoms with Crippen molar-refractivity contribution in [2.45, 2.75) is 25.8 Å². The minimum absolute atomic E-state index is 0.0628. The zero-order valence-corrected chi connectivity index (χ0v) is 14.2. The van der Waals surface area contributed by atoms with Crippen molar-refractivity contribution in [3.8, 4) is 17.3 Å². The van der Waals surface area contributed by atoms with Crippen LogP contribution in [0.3, 0.4) is 0 Å². The lowest BCUT2D eigenvalue weighted by atomic mass is 10.1. The molecule has 0 saturated carbocycles. The van der Waals surface area contributed by atoms with Crippen LogP contribution in [0.2, 0.25) is 0 Å². The maximum Gasteiger partial charge on any atom is 0.246 e. The maximum atomic E-state index is 12.3. The number of thiophene rings is 1. The Labute approximate surface area is 148 Å². The van der Waals surface area contributed by atoms with Crippen LogP contribution >= 0.6 is 11.3 Å². The van der Waals surface area contributed by atoms with E-state index in [1.807, 2.05) is 30.3 Å². The van der Waals surface area contributed by atoms with Gasteiger partial charge in [-0.1, -0.05) is 35.5 Å². The highest BCUT2D eigenvalue weighted by molar-refractivity contribution is 7.16. The Morgan fingerprint density at radius 3 is 2.96 bits per heavy atom. The number of hydrogen-bond donors (Lipinski definition) is 1. The monoisotopic (exact) mass is 349 g/mol. The third-order valence-corrected chi connectivity index (χ3v) is 5.41. The van der Waals surface area contributed by atoms with Gasteiger partial charge in [0.15, 0.2) is 0 Å². The first kappa shape index (κ1) is 15.5. The Hall–Kier alpha value is -2.98. The number of hydrogen-bond acceptors (Lipinski definition) is 5. The van der Waals surface area contributed by atoms with Gasteiger partial charge >= 0.3 is 0 Å². The fourth-order valence-electron chi connectivity index (χ4n) is 3.04. The molecule has 0 spiro atoms. The normalized spacial score (nSPS) is 12.6. The molecule has 0 fully saturated rings. The minimum Gasteiger partial charge on any atom is -0.315 e. The number of aryl methyl sites for hydroxylation is 1. The highest BCUT2D eigenvalue weighted by Crippen LogP contribution is 2.38. The van der Waals surface area contributed by atoms with Crippen LogP contribution in [0, 0.1) is 11.3 Å². The van der Waals surface area contributed by atoms with Crippen LogP contribution in [-0.4, -0.2) is 20.9 Å². The molecule has 0 saturated heterocycles. The zero-order valence-electron chi connectivity index (χ0n) is 13.4. The molecule has 1 N–H and O–H groups in total. The molecule has 0 radical (unpaired) electrons. The summed E-state index contributed by atoms with van der Waals surface area (Å²) in [6.45, 7) is 0.0628. The van der Waals surface area contributed by atoms with E-state index >= 15 is 0 Å². The molecule has 1 aliphatic carbocycles. The van der Waals surface area contributed by atoms with Crippen molar-refractivity contribution in [1.29, 1.82) is 5.26 Å². The number of fused-ring (bicyclic) bond motifs is 1. The molecule has 4 rings (SSSR count). The Morgan fingerprint density at radius 2 is 2.16 bits per heavy atom. The van der Waals surface area contributed by atoms with E-state index in [0.29, 0.717) is 10.6 Å². The van der Waals surface area contributed by atoms with Crippen molar-refractivity contribution in [2.75, 3.05) is 5.32 Å². The van der Waals surface area contributed by atoms with Gasteiger partial charge < -0.3 is 5.32 Å². The van der Waals surface area contributed by atoms with E-state index < -0.39 is 0 Å². The molecule has 0 bridgehead atoms. The molecule has 6 nitrogen and oxygen atoms in total. The van der Waals surface area contributed by atoms with Gasteiger partial charge in [0.25, 0.3) is 0 Å². The van der Waals surface area contributed by atoms with Gasteiger partial charge in [0.2, 0.25) is 5.91 Å². The summed E-state index contributed by atoms with van der Waals surface area (Å²) in [7, 11) is 0. The summed E-state index contributed by atoms with van der Waals surface area (Å²) < 4.78 is 1.50. The second kappa shape index (κ2) is 6.49. The highest BCUT2D eigenvalue weighted by atomic mass is 32.1. The smallest absolute Gasteiger partial charge is 0.246 e. The average molecular weight is 349 g/mol. The summed E-state index contributed by atoms with van der Waals surface area (Å²) in [5.74, 6) is -0.207. The van der Waals surface area contributed by atoms with Crippen LogP contribution in [-0.2, 0) is 24.2 Å². The van der Waals surface area contributed by atoms with Crippen molar-refractivity contribution in [3.63, 3.8) is 0 Å². The van der Waals surface area contributed by atoms with Crippen molar-refractivity contribution in [3.05, 3.63) is 52.5 Å². The van der Waals surface area contributed by atoms with Crippen LogP contribution in [0.15, 0.2) is 36.5 Å². The number of carbonyl (C=O) groups excluding carboxylic acids is 1. The second-order valence-electron chi connectivity index (χ2n) is 5.89. The Balaban J connectivity index is 1.47. The average Bonchev–Trinajstić information content (AvgIpc) is 3.31. The molecule has 2 aromatic heterocycles. The highest BCUT2D eigenvalue weighted by Gasteiger charge is 2.23. The summed E-state index contributed by atoms with van der Waals surface area (Å²) in [4.78, 5) is 13.5. The summed E-state index contributed by atoms with van der Waals surface area (Å²) >= 11 is 1.51. The lowest BCUT2D eigenvalue weighted by Crippen LogP contribution is -2.19. The number of nitrogens with zero attached hydrogens (tertiary/aromatic N) is 4. The first-order valence-corrected chi connectivity index (χ1v) is 8.86. The van der Waals surface area contributed by atoms with Crippen LogP contribution in [0.4, 0.5) is 5.00 Å². The number of carbonyl (C=O) groups is 1. The summed E-state index contributed by atoms with van der Waals surface area (Å²) in [5, 5.41) is 21.0. The number of benzene rings is 1. The number of aromatic nitrogens is 3. The lowest BCUT2D eigenvalue weighted by Gasteiger charge is -2.03. The lowest BCUT2D eigenvalue weighted by molar-refractivity contribution is -0.116. The van der Waals surface area contributed by atoms with Gasteiger partial charge in [0.05, 0.1) is 11.8 Å². The van der Waals surface area contributed by atoms with Crippen LogP contribution in [0.5, 0.6) is 0 Å². The van der Waals surface area contributed by atoms with Crippen molar-refractivity contribution < 1.29 is 4.79 Å². The first-order chi connectivity index (χ1) is 12.2. The van der Waals surface area contributed by atoms with Crippen molar-refractivity contribution in [1.82, 2.24) is 15.0 Å². The molecule has 0 unspecified atom stereocenters. The Kier molecular flexibility index (Phi) is 4.04.